The fraction of sp³-hybridized carbons (Fsp3) is 0. The first-order valence-electron chi connectivity index (χ1n) is 22.0. The van der Waals surface area contributed by atoms with E-state index in [2.05, 4.69) is 279 Å². The van der Waals surface area contributed by atoms with Crippen LogP contribution in [0.25, 0.3) is 80.3 Å². The van der Waals surface area contributed by atoms with Gasteiger partial charge >= 0.3 is 0 Å². The molecule has 0 spiro atoms. The predicted octanol–water partition coefficient (Wildman–Crippen LogP) is 17.2. The summed E-state index contributed by atoms with van der Waals surface area (Å²) in [4.78, 5) is 0. The second-order valence-electron chi connectivity index (χ2n) is 16.1. The van der Waals surface area contributed by atoms with Gasteiger partial charge in [-0.15, -0.1) is 0 Å². The van der Waals surface area contributed by atoms with Crippen LogP contribution in [0.5, 0.6) is 0 Å². The summed E-state index contributed by atoms with van der Waals surface area (Å²) in [7, 11) is 0. The zero-order valence-electron chi connectivity index (χ0n) is 35.6. The molecule has 0 N–H and O–H groups in total. The van der Waals surface area contributed by atoms with Crippen LogP contribution in [-0.4, -0.2) is 0 Å². The van der Waals surface area contributed by atoms with Crippen molar-refractivity contribution in [3.05, 3.63) is 298 Å². The van der Waals surface area contributed by atoms with E-state index < -0.39 is 0 Å². The van der Waals surface area contributed by atoms with Crippen LogP contribution in [-0.2, 0) is 0 Å². The summed E-state index contributed by atoms with van der Waals surface area (Å²) in [6, 6.07) is 86.9. The Morgan fingerprint density at radius 1 is 0.266 bits per heavy atom. The van der Waals surface area contributed by atoms with E-state index in [9.17, 15) is 0 Å². The molecule has 10 rings (SSSR count). The maximum atomic E-state index is 2.36. The molecule has 0 bridgehead atoms. The van der Waals surface area contributed by atoms with Gasteiger partial charge in [-0.3, -0.25) is 0 Å². The van der Waals surface area contributed by atoms with Gasteiger partial charge in [0.2, 0.25) is 0 Å². The first kappa shape index (κ1) is 39.8. The minimum atomic E-state index is 1.14. The molecule has 0 aliphatic heterocycles. The molecule has 0 nitrogen and oxygen atoms in total. The summed E-state index contributed by atoms with van der Waals surface area (Å²) >= 11 is 0. The van der Waals surface area contributed by atoms with Gasteiger partial charge in [-0.05, 0) is 124 Å². The van der Waals surface area contributed by atoms with E-state index in [1.165, 1.54) is 66.1 Å². The normalized spacial score (nSPS) is 11.3. The molecular weight excluding hydrogens is 769 g/mol. The van der Waals surface area contributed by atoms with Crippen LogP contribution in [0.2, 0.25) is 0 Å². The highest BCUT2D eigenvalue weighted by Crippen LogP contribution is 2.38. The molecule has 0 unspecified atom stereocenters. The molecule has 0 atom stereocenters. The van der Waals surface area contributed by atoms with Crippen molar-refractivity contribution in [3.8, 4) is 11.1 Å². The maximum absolute atomic E-state index is 2.36. The molecule has 0 saturated heterocycles. The van der Waals surface area contributed by atoms with Crippen LogP contribution >= 0.6 is 0 Å². The zero-order chi connectivity index (χ0) is 42.9. The quantitative estimate of drug-likeness (QED) is 0.0901. The second kappa shape index (κ2) is 18.7. The number of hydrogen-bond acceptors (Lipinski definition) is 0. The maximum Gasteiger partial charge on any atom is -0.00266 e. The molecular formula is C64H46. The van der Waals surface area contributed by atoms with Crippen molar-refractivity contribution < 1.29 is 0 Å². The molecule has 302 valence electrons. The fourth-order valence-corrected chi connectivity index (χ4v) is 8.60. The van der Waals surface area contributed by atoms with Gasteiger partial charge in [-0.25, -0.2) is 0 Å². The molecule has 10 aromatic rings. The van der Waals surface area contributed by atoms with E-state index in [0.29, 0.717) is 0 Å². The van der Waals surface area contributed by atoms with Crippen LogP contribution in [0, 0.1) is 0 Å². The van der Waals surface area contributed by atoms with Gasteiger partial charge in [0.15, 0.2) is 0 Å². The highest BCUT2D eigenvalue weighted by molar-refractivity contribution is 6.13. The SMILES string of the molecule is C(=Cc1ccc(-c2c3ccccc3cc3ccccc23)cc1C=Cc1ccc(C=C(c2ccccc2)c2ccccc2)cc1)c1ccc(C=C(c2ccccc2)c2ccccc2)cc1. The predicted molar refractivity (Wildman–Crippen MR) is 277 cm³/mol. The Labute approximate surface area is 376 Å². The standard InChI is InChI=1S/C64H46/c1-5-17-52(18-6-1)62(53-19-7-2-8-20-53)43-49-33-29-47(30-34-49)37-39-51-41-42-59(64-60-27-15-13-25-57(60)46-58-26-14-16-28-61(58)64)45-56(51)40-38-48-31-35-50(36-32-48)44-63(54-21-9-3-10-22-54)55-23-11-4-12-24-55/h1-46H. The topological polar surface area (TPSA) is 0 Å². The zero-order valence-corrected chi connectivity index (χ0v) is 35.6. The number of benzene rings is 10. The van der Waals surface area contributed by atoms with E-state index >= 15 is 0 Å². The van der Waals surface area contributed by atoms with Crippen molar-refractivity contribution in [1.82, 2.24) is 0 Å². The molecule has 0 aromatic heterocycles. The summed E-state index contributed by atoms with van der Waals surface area (Å²) in [5, 5.41) is 5.00. The van der Waals surface area contributed by atoms with Crippen molar-refractivity contribution in [2.24, 2.45) is 0 Å². The van der Waals surface area contributed by atoms with Gasteiger partial charge < -0.3 is 0 Å². The van der Waals surface area contributed by atoms with E-state index in [1.807, 2.05) is 0 Å². The Balaban J connectivity index is 1.000. The third-order valence-corrected chi connectivity index (χ3v) is 11.9. The third-order valence-electron chi connectivity index (χ3n) is 11.9. The van der Waals surface area contributed by atoms with Gasteiger partial charge in [0.1, 0.15) is 0 Å². The summed E-state index contributed by atoms with van der Waals surface area (Å²) in [6.45, 7) is 0. The van der Waals surface area contributed by atoms with Gasteiger partial charge in [0.05, 0.1) is 0 Å². The Morgan fingerprint density at radius 3 is 1.05 bits per heavy atom. The van der Waals surface area contributed by atoms with E-state index in [-0.39, 0.29) is 0 Å². The smallest absolute Gasteiger partial charge is 0.00266 e. The monoisotopic (exact) mass is 814 g/mol. The molecule has 0 fully saturated rings. The van der Waals surface area contributed by atoms with Crippen molar-refractivity contribution in [3.63, 3.8) is 0 Å². The number of fused-ring (bicyclic) bond motifs is 2. The molecule has 64 heavy (non-hydrogen) atoms. The van der Waals surface area contributed by atoms with Crippen molar-refractivity contribution in [1.29, 1.82) is 0 Å². The van der Waals surface area contributed by atoms with Crippen LogP contribution < -0.4 is 0 Å². The van der Waals surface area contributed by atoms with Gasteiger partial charge in [-0.2, -0.15) is 0 Å². The molecule has 10 aromatic carbocycles. The Morgan fingerprint density at radius 2 is 0.625 bits per heavy atom. The largest absolute Gasteiger partial charge is 0.0622 e. The third kappa shape index (κ3) is 9.00. The van der Waals surface area contributed by atoms with Gasteiger partial charge in [-0.1, -0.05) is 255 Å². The summed E-state index contributed by atoms with van der Waals surface area (Å²) in [5.41, 5.74) is 16.6. The van der Waals surface area contributed by atoms with Crippen molar-refractivity contribution in [2.45, 2.75) is 0 Å². The Bertz CT molecular complexity index is 3160. The van der Waals surface area contributed by atoms with Crippen LogP contribution in [0.1, 0.15) is 55.6 Å². The minimum Gasteiger partial charge on any atom is -0.0622 e. The summed E-state index contributed by atoms with van der Waals surface area (Å²) < 4.78 is 0. The highest BCUT2D eigenvalue weighted by atomic mass is 14.2. The molecule has 0 heteroatoms. The average molecular weight is 815 g/mol. The molecule has 0 aliphatic carbocycles. The molecule has 0 radical (unpaired) electrons. The second-order valence-corrected chi connectivity index (χ2v) is 16.1. The van der Waals surface area contributed by atoms with E-state index in [0.717, 1.165) is 33.4 Å². The molecule has 0 amide bonds. The molecule has 0 saturated carbocycles. The lowest BCUT2D eigenvalue weighted by Crippen LogP contribution is -1.89. The van der Waals surface area contributed by atoms with Crippen LogP contribution in [0.4, 0.5) is 0 Å². The van der Waals surface area contributed by atoms with Crippen LogP contribution in [0.15, 0.2) is 243 Å². The van der Waals surface area contributed by atoms with Crippen LogP contribution in [0.3, 0.4) is 0 Å². The Hall–Kier alpha value is -8.32. The first-order valence-corrected chi connectivity index (χ1v) is 22.0. The summed E-state index contributed by atoms with van der Waals surface area (Å²) in [6.07, 6.45) is 13.5. The lowest BCUT2D eigenvalue weighted by molar-refractivity contribution is 1.55. The van der Waals surface area contributed by atoms with E-state index in [4.69, 9.17) is 0 Å². The van der Waals surface area contributed by atoms with Crippen molar-refractivity contribution >= 4 is 69.1 Å². The highest BCUT2D eigenvalue weighted by Gasteiger charge is 2.12. The fourth-order valence-electron chi connectivity index (χ4n) is 8.60. The number of hydrogen-bond donors (Lipinski definition) is 0. The first-order chi connectivity index (χ1) is 31.7. The Kier molecular flexibility index (Phi) is 11.7. The average Bonchev–Trinajstić information content (AvgIpc) is 3.37. The lowest BCUT2D eigenvalue weighted by Gasteiger charge is -2.14. The van der Waals surface area contributed by atoms with E-state index in [1.54, 1.807) is 0 Å². The van der Waals surface area contributed by atoms with Gasteiger partial charge in [0, 0.05) is 0 Å². The van der Waals surface area contributed by atoms with Gasteiger partial charge in [0.25, 0.3) is 0 Å². The van der Waals surface area contributed by atoms with Crippen molar-refractivity contribution in [2.75, 3.05) is 0 Å². The molecule has 0 heterocycles. The minimum absolute atomic E-state index is 1.14. The summed E-state index contributed by atoms with van der Waals surface area (Å²) in [5.74, 6) is 0. The molecule has 0 aliphatic rings. The lowest BCUT2D eigenvalue weighted by atomic mass is 9.90. The number of rotatable bonds is 11.